The van der Waals surface area contributed by atoms with Crippen LogP contribution >= 0.6 is 0 Å². The van der Waals surface area contributed by atoms with E-state index in [0.717, 1.165) is 11.1 Å². The first-order valence-electron chi connectivity index (χ1n) is 8.28. The number of aromatic nitrogens is 1. The maximum Gasteiger partial charge on any atom is 0.419 e. The van der Waals surface area contributed by atoms with Crippen LogP contribution in [0.2, 0.25) is 0 Å². The van der Waals surface area contributed by atoms with Gasteiger partial charge in [-0.2, -0.15) is 0 Å². The molecule has 27 heavy (non-hydrogen) atoms. The molecule has 0 aliphatic carbocycles. The highest BCUT2D eigenvalue weighted by Crippen LogP contribution is 2.23. The van der Waals surface area contributed by atoms with Gasteiger partial charge in [0.15, 0.2) is 5.58 Å². The second-order valence-corrected chi connectivity index (χ2v) is 6.15. The lowest BCUT2D eigenvalue weighted by molar-refractivity contribution is 0.102. The average Bonchev–Trinajstić information content (AvgIpc) is 2.96. The average molecular weight is 362 g/mol. The van der Waals surface area contributed by atoms with E-state index in [4.69, 9.17) is 4.42 Å². The van der Waals surface area contributed by atoms with Gasteiger partial charge in [-0.15, -0.1) is 0 Å². The van der Waals surface area contributed by atoms with Crippen molar-refractivity contribution in [2.75, 3.05) is 5.32 Å². The number of halogens is 1. The van der Waals surface area contributed by atoms with Crippen molar-refractivity contribution >= 4 is 22.7 Å². The van der Waals surface area contributed by atoms with Crippen molar-refractivity contribution in [1.82, 2.24) is 4.57 Å². The van der Waals surface area contributed by atoms with Gasteiger partial charge in [-0.3, -0.25) is 9.36 Å². The number of carbonyl (C=O) groups excluding carboxylic acids is 1. The summed E-state index contributed by atoms with van der Waals surface area (Å²) in [5.74, 6) is -1.08. The molecule has 134 valence electrons. The van der Waals surface area contributed by atoms with Crippen LogP contribution in [-0.4, -0.2) is 10.5 Å². The number of anilines is 1. The Labute approximate surface area is 153 Å². The number of nitrogens with zero attached hydrogens (tertiary/aromatic N) is 1. The van der Waals surface area contributed by atoms with E-state index >= 15 is 0 Å². The molecule has 0 unspecified atom stereocenters. The number of hydrogen-bond donors (Lipinski definition) is 1. The Balaban J connectivity index is 1.61. The molecule has 0 radical (unpaired) electrons. The van der Waals surface area contributed by atoms with Gasteiger partial charge in [-0.25, -0.2) is 9.18 Å². The maximum absolute atomic E-state index is 13.1. The van der Waals surface area contributed by atoms with Gasteiger partial charge in [-0.05, 0) is 53.6 Å². The first kappa shape index (κ1) is 16.8. The summed E-state index contributed by atoms with van der Waals surface area (Å²) in [4.78, 5) is 24.2. The highest BCUT2D eigenvalue weighted by Gasteiger charge is 2.12. The maximum atomic E-state index is 13.1. The van der Waals surface area contributed by atoms with E-state index in [0.29, 0.717) is 22.4 Å². The third kappa shape index (κ3) is 3.25. The number of amides is 1. The molecule has 0 bridgehead atoms. The minimum atomic E-state index is -0.477. The Morgan fingerprint density at radius 2 is 1.78 bits per heavy atom. The summed E-state index contributed by atoms with van der Waals surface area (Å²) < 4.78 is 19.5. The molecule has 0 spiro atoms. The standard InChI is InChI=1S/C21H15FN2O3/c1-24-18-12-15(7-10-19(18)27-21(24)26)20(25)23-17-4-2-3-14(11-17)13-5-8-16(22)9-6-13/h2-12H,1H3,(H,23,25). The number of aryl methyl sites for hydroxylation is 1. The van der Waals surface area contributed by atoms with Gasteiger partial charge >= 0.3 is 5.76 Å². The van der Waals surface area contributed by atoms with E-state index in [9.17, 15) is 14.0 Å². The first-order valence-corrected chi connectivity index (χ1v) is 8.28. The summed E-state index contributed by atoms with van der Waals surface area (Å²) in [6.45, 7) is 0. The molecule has 4 rings (SSSR count). The molecular weight excluding hydrogens is 347 g/mol. The molecule has 6 heteroatoms. The van der Waals surface area contributed by atoms with Gasteiger partial charge in [0.1, 0.15) is 5.82 Å². The lowest BCUT2D eigenvalue weighted by Crippen LogP contribution is -2.12. The topological polar surface area (TPSA) is 64.2 Å². The lowest BCUT2D eigenvalue weighted by Gasteiger charge is -2.08. The lowest BCUT2D eigenvalue weighted by atomic mass is 10.0. The van der Waals surface area contributed by atoms with Gasteiger partial charge < -0.3 is 9.73 Å². The summed E-state index contributed by atoms with van der Waals surface area (Å²) in [5, 5.41) is 2.84. The number of oxazole rings is 1. The van der Waals surface area contributed by atoms with Crippen molar-refractivity contribution in [1.29, 1.82) is 0 Å². The SMILES string of the molecule is Cn1c(=O)oc2ccc(C(=O)Nc3cccc(-c4ccc(F)cc4)c3)cc21. The van der Waals surface area contributed by atoms with Crippen LogP contribution in [0.15, 0.2) is 75.9 Å². The third-order valence-electron chi connectivity index (χ3n) is 4.35. The zero-order chi connectivity index (χ0) is 19.0. The Morgan fingerprint density at radius 3 is 2.56 bits per heavy atom. The molecular formula is C21H15FN2O3. The molecule has 4 aromatic rings. The van der Waals surface area contributed by atoms with Crippen molar-refractivity contribution in [2.45, 2.75) is 0 Å². The Bertz CT molecular complexity index is 1210. The normalized spacial score (nSPS) is 10.9. The van der Waals surface area contributed by atoms with E-state index in [1.165, 1.54) is 16.7 Å². The molecule has 0 aliphatic rings. The van der Waals surface area contributed by atoms with Crippen LogP contribution in [0.25, 0.3) is 22.2 Å². The predicted octanol–water partition coefficient (Wildman–Crippen LogP) is 4.19. The van der Waals surface area contributed by atoms with Crippen molar-refractivity contribution in [3.8, 4) is 11.1 Å². The summed E-state index contributed by atoms with van der Waals surface area (Å²) in [5.41, 5.74) is 3.71. The highest BCUT2D eigenvalue weighted by molar-refractivity contribution is 6.06. The molecule has 1 heterocycles. The Kier molecular flexibility index (Phi) is 4.08. The number of rotatable bonds is 3. The van der Waals surface area contributed by atoms with Gasteiger partial charge in [0.2, 0.25) is 0 Å². The number of carbonyl (C=O) groups is 1. The molecule has 0 saturated heterocycles. The monoisotopic (exact) mass is 362 g/mol. The van der Waals surface area contributed by atoms with Crippen molar-refractivity contribution in [2.24, 2.45) is 7.05 Å². The smallest absolute Gasteiger partial charge is 0.408 e. The summed E-state index contributed by atoms with van der Waals surface area (Å²) in [6, 6.07) is 18.3. The Hall–Kier alpha value is -3.67. The minimum absolute atomic E-state index is 0.299. The Morgan fingerprint density at radius 1 is 1.00 bits per heavy atom. The first-order chi connectivity index (χ1) is 13.0. The van der Waals surface area contributed by atoms with Crippen molar-refractivity contribution in [3.05, 3.63) is 88.7 Å². The van der Waals surface area contributed by atoms with E-state index in [1.54, 1.807) is 43.4 Å². The molecule has 1 N–H and O–H groups in total. The van der Waals surface area contributed by atoms with Gasteiger partial charge in [0, 0.05) is 18.3 Å². The molecule has 3 aromatic carbocycles. The quantitative estimate of drug-likeness (QED) is 0.594. The van der Waals surface area contributed by atoms with Crippen LogP contribution in [0.4, 0.5) is 10.1 Å². The van der Waals surface area contributed by atoms with Crippen LogP contribution in [0, 0.1) is 5.82 Å². The number of fused-ring (bicyclic) bond motifs is 1. The van der Waals surface area contributed by atoms with Crippen LogP contribution in [0.1, 0.15) is 10.4 Å². The fraction of sp³-hybridized carbons (Fsp3) is 0.0476. The zero-order valence-electron chi connectivity index (χ0n) is 14.4. The second kappa shape index (κ2) is 6.57. The molecule has 0 atom stereocenters. The molecule has 0 aliphatic heterocycles. The number of nitrogens with one attached hydrogen (secondary N) is 1. The molecule has 1 aromatic heterocycles. The van der Waals surface area contributed by atoms with Gasteiger partial charge in [0.05, 0.1) is 5.52 Å². The van der Waals surface area contributed by atoms with Crippen molar-refractivity contribution in [3.63, 3.8) is 0 Å². The van der Waals surface area contributed by atoms with E-state index in [-0.39, 0.29) is 11.7 Å². The fourth-order valence-corrected chi connectivity index (χ4v) is 2.89. The van der Waals surface area contributed by atoms with E-state index in [1.807, 2.05) is 18.2 Å². The van der Waals surface area contributed by atoms with Gasteiger partial charge in [0.25, 0.3) is 5.91 Å². The predicted molar refractivity (Wildman–Crippen MR) is 101 cm³/mol. The van der Waals surface area contributed by atoms with Crippen molar-refractivity contribution < 1.29 is 13.6 Å². The second-order valence-electron chi connectivity index (χ2n) is 6.15. The molecule has 0 fully saturated rings. The van der Waals surface area contributed by atoms with Crippen LogP contribution in [0.3, 0.4) is 0 Å². The van der Waals surface area contributed by atoms with E-state index in [2.05, 4.69) is 5.32 Å². The van der Waals surface area contributed by atoms with Crippen LogP contribution in [-0.2, 0) is 7.05 Å². The summed E-state index contributed by atoms with van der Waals surface area (Å²) in [6.07, 6.45) is 0. The fourth-order valence-electron chi connectivity index (χ4n) is 2.89. The zero-order valence-corrected chi connectivity index (χ0v) is 14.4. The molecule has 5 nitrogen and oxygen atoms in total. The molecule has 0 saturated carbocycles. The van der Waals surface area contributed by atoms with E-state index < -0.39 is 5.76 Å². The third-order valence-corrected chi connectivity index (χ3v) is 4.35. The minimum Gasteiger partial charge on any atom is -0.408 e. The van der Waals surface area contributed by atoms with Gasteiger partial charge in [-0.1, -0.05) is 24.3 Å². The highest BCUT2D eigenvalue weighted by atomic mass is 19.1. The largest absolute Gasteiger partial charge is 0.419 e. The summed E-state index contributed by atoms with van der Waals surface area (Å²) in [7, 11) is 1.59. The number of benzene rings is 3. The summed E-state index contributed by atoms with van der Waals surface area (Å²) >= 11 is 0. The number of hydrogen-bond acceptors (Lipinski definition) is 3. The van der Waals surface area contributed by atoms with Crippen LogP contribution in [0.5, 0.6) is 0 Å². The molecule has 1 amide bonds. The van der Waals surface area contributed by atoms with Crippen LogP contribution < -0.4 is 11.1 Å².